The first-order valence-electron chi connectivity index (χ1n) is 4.36. The Morgan fingerprint density at radius 2 is 2.00 bits per heavy atom. The first kappa shape index (κ1) is 9.59. The molecule has 0 saturated heterocycles. The minimum atomic E-state index is -2.38. The van der Waals surface area contributed by atoms with Crippen molar-refractivity contribution in [2.24, 2.45) is 0 Å². The van der Waals surface area contributed by atoms with E-state index in [9.17, 15) is 8.78 Å². The molecule has 0 radical (unpaired) electrons. The number of thiophene rings is 1. The number of benzene rings is 1. The van der Waals surface area contributed by atoms with Crippen molar-refractivity contribution in [1.29, 1.82) is 0 Å². The molecule has 0 nitrogen and oxygen atoms in total. The molecule has 0 N–H and O–H groups in total. The van der Waals surface area contributed by atoms with Gasteiger partial charge in [-0.05, 0) is 47.9 Å². The van der Waals surface area contributed by atoms with E-state index in [0.717, 1.165) is 21.2 Å². The van der Waals surface area contributed by atoms with Crippen molar-refractivity contribution in [2.75, 3.05) is 0 Å². The van der Waals surface area contributed by atoms with Crippen LogP contribution in [-0.4, -0.2) is 0 Å². The molecule has 74 valence electrons. The van der Waals surface area contributed by atoms with Gasteiger partial charge in [-0.3, -0.25) is 0 Å². The normalized spacial score (nSPS) is 11.5. The lowest BCUT2D eigenvalue weighted by molar-refractivity contribution is 0.153. The highest BCUT2D eigenvalue weighted by atomic mass is 32.1. The van der Waals surface area contributed by atoms with Gasteiger partial charge in [-0.15, -0.1) is 11.3 Å². The number of aryl methyl sites for hydroxylation is 2. The molecule has 0 aliphatic heterocycles. The molecule has 3 heteroatoms. The molecule has 1 aromatic heterocycles. The molecule has 14 heavy (non-hydrogen) atoms. The Kier molecular flexibility index (Phi) is 2.27. The second-order valence-electron chi connectivity index (χ2n) is 3.37. The second-order valence-corrected chi connectivity index (χ2v) is 4.29. The minimum Gasteiger partial charge on any atom is -0.205 e. The summed E-state index contributed by atoms with van der Waals surface area (Å²) in [5.41, 5.74) is 2.20. The molecule has 0 bridgehead atoms. The third-order valence-electron chi connectivity index (χ3n) is 2.53. The Hall–Kier alpha value is -0.960. The summed E-state index contributed by atoms with van der Waals surface area (Å²) in [5.74, 6) is 0. The molecule has 2 rings (SSSR count). The summed E-state index contributed by atoms with van der Waals surface area (Å²) in [6.07, 6.45) is -2.38. The quantitative estimate of drug-likeness (QED) is 0.654. The standard InChI is InChI=1S/C11H10F2S/c1-6-5-9(11(12)13)10-8(7(6)2)3-4-14-10/h3-5,11H,1-2H3. The fourth-order valence-electron chi connectivity index (χ4n) is 1.61. The van der Waals surface area contributed by atoms with Crippen molar-refractivity contribution < 1.29 is 8.78 Å². The molecule has 0 unspecified atom stereocenters. The fraction of sp³-hybridized carbons (Fsp3) is 0.273. The van der Waals surface area contributed by atoms with E-state index in [-0.39, 0.29) is 5.56 Å². The SMILES string of the molecule is Cc1cc(C(F)F)c2sccc2c1C. The fourth-order valence-corrected chi connectivity index (χ4v) is 2.58. The molecule has 1 aromatic carbocycles. The van der Waals surface area contributed by atoms with Crippen molar-refractivity contribution in [1.82, 2.24) is 0 Å². The van der Waals surface area contributed by atoms with E-state index in [4.69, 9.17) is 0 Å². The third-order valence-corrected chi connectivity index (χ3v) is 3.49. The maximum absolute atomic E-state index is 12.7. The number of halogens is 2. The van der Waals surface area contributed by atoms with Crippen LogP contribution in [0.15, 0.2) is 17.5 Å². The Morgan fingerprint density at radius 1 is 1.29 bits per heavy atom. The zero-order valence-electron chi connectivity index (χ0n) is 7.97. The van der Waals surface area contributed by atoms with Gasteiger partial charge < -0.3 is 0 Å². The largest absolute Gasteiger partial charge is 0.265 e. The van der Waals surface area contributed by atoms with Crippen LogP contribution in [0.5, 0.6) is 0 Å². The molecule has 0 amide bonds. The van der Waals surface area contributed by atoms with Crippen LogP contribution >= 0.6 is 11.3 Å². The lowest BCUT2D eigenvalue weighted by Crippen LogP contribution is -1.89. The third kappa shape index (κ3) is 1.32. The molecule has 2 aromatic rings. The van der Waals surface area contributed by atoms with Crippen molar-refractivity contribution in [3.63, 3.8) is 0 Å². The molecular formula is C11H10F2S. The molecule has 0 spiro atoms. The Labute approximate surface area is 85.2 Å². The van der Waals surface area contributed by atoms with E-state index >= 15 is 0 Å². The average molecular weight is 212 g/mol. The van der Waals surface area contributed by atoms with Gasteiger partial charge in [-0.1, -0.05) is 0 Å². The van der Waals surface area contributed by atoms with E-state index in [2.05, 4.69) is 0 Å². The lowest BCUT2D eigenvalue weighted by Gasteiger charge is -2.07. The highest BCUT2D eigenvalue weighted by Crippen LogP contribution is 2.35. The Balaban J connectivity index is 2.84. The molecule has 0 aliphatic carbocycles. The van der Waals surface area contributed by atoms with Gasteiger partial charge in [0, 0.05) is 10.3 Å². The molecule has 0 aliphatic rings. The summed E-state index contributed by atoms with van der Waals surface area (Å²) in [6, 6.07) is 3.51. The van der Waals surface area contributed by atoms with Crippen molar-refractivity contribution in [3.05, 3.63) is 34.2 Å². The van der Waals surface area contributed by atoms with E-state index in [1.807, 2.05) is 25.3 Å². The molecular weight excluding hydrogens is 202 g/mol. The molecule has 0 fully saturated rings. The first-order valence-corrected chi connectivity index (χ1v) is 5.24. The Morgan fingerprint density at radius 3 is 2.64 bits per heavy atom. The highest BCUT2D eigenvalue weighted by Gasteiger charge is 2.15. The van der Waals surface area contributed by atoms with Gasteiger partial charge >= 0.3 is 0 Å². The van der Waals surface area contributed by atoms with Gasteiger partial charge in [0.2, 0.25) is 0 Å². The van der Waals surface area contributed by atoms with Gasteiger partial charge in [-0.2, -0.15) is 0 Å². The van der Waals surface area contributed by atoms with Gasteiger partial charge in [0.15, 0.2) is 0 Å². The summed E-state index contributed by atoms with van der Waals surface area (Å²) >= 11 is 1.39. The number of hydrogen-bond donors (Lipinski definition) is 0. The van der Waals surface area contributed by atoms with E-state index in [0.29, 0.717) is 0 Å². The summed E-state index contributed by atoms with van der Waals surface area (Å²) in [4.78, 5) is 0. The van der Waals surface area contributed by atoms with Crippen LogP contribution in [0.25, 0.3) is 10.1 Å². The summed E-state index contributed by atoms with van der Waals surface area (Å²) in [5, 5.41) is 2.83. The van der Waals surface area contributed by atoms with Crippen LogP contribution in [0.3, 0.4) is 0 Å². The van der Waals surface area contributed by atoms with Crippen LogP contribution in [0, 0.1) is 13.8 Å². The number of hydrogen-bond acceptors (Lipinski definition) is 1. The highest BCUT2D eigenvalue weighted by molar-refractivity contribution is 7.17. The predicted molar refractivity (Wildman–Crippen MR) is 56.3 cm³/mol. The summed E-state index contributed by atoms with van der Waals surface area (Å²) in [7, 11) is 0. The van der Waals surface area contributed by atoms with Crippen molar-refractivity contribution >= 4 is 21.4 Å². The van der Waals surface area contributed by atoms with E-state index < -0.39 is 6.43 Å². The number of rotatable bonds is 1. The van der Waals surface area contributed by atoms with Crippen molar-refractivity contribution in [3.8, 4) is 0 Å². The van der Waals surface area contributed by atoms with Gasteiger partial charge in [-0.25, -0.2) is 8.78 Å². The zero-order valence-corrected chi connectivity index (χ0v) is 8.79. The van der Waals surface area contributed by atoms with E-state index in [1.54, 1.807) is 6.07 Å². The second kappa shape index (κ2) is 3.31. The van der Waals surface area contributed by atoms with Crippen LogP contribution in [0.2, 0.25) is 0 Å². The van der Waals surface area contributed by atoms with Crippen LogP contribution in [0.4, 0.5) is 8.78 Å². The summed E-state index contributed by atoms with van der Waals surface area (Å²) < 4.78 is 26.1. The van der Waals surface area contributed by atoms with Crippen LogP contribution < -0.4 is 0 Å². The average Bonchev–Trinajstić information content (AvgIpc) is 2.59. The predicted octanol–water partition coefficient (Wildman–Crippen LogP) is 4.46. The number of fused-ring (bicyclic) bond motifs is 1. The van der Waals surface area contributed by atoms with E-state index in [1.165, 1.54) is 11.3 Å². The zero-order chi connectivity index (χ0) is 10.3. The van der Waals surface area contributed by atoms with Gasteiger partial charge in [0.1, 0.15) is 0 Å². The smallest absolute Gasteiger partial charge is 0.205 e. The topological polar surface area (TPSA) is 0 Å². The maximum Gasteiger partial charge on any atom is 0.265 e. The van der Waals surface area contributed by atoms with Gasteiger partial charge in [0.25, 0.3) is 6.43 Å². The summed E-state index contributed by atoms with van der Waals surface area (Å²) in [6.45, 7) is 3.85. The lowest BCUT2D eigenvalue weighted by atomic mass is 10.0. The van der Waals surface area contributed by atoms with Gasteiger partial charge in [0.05, 0.1) is 0 Å². The van der Waals surface area contributed by atoms with Crippen molar-refractivity contribution in [2.45, 2.75) is 20.3 Å². The first-order chi connectivity index (χ1) is 6.61. The molecule has 0 saturated carbocycles. The number of alkyl halides is 2. The monoisotopic (exact) mass is 212 g/mol. The van der Waals surface area contributed by atoms with Crippen LogP contribution in [0.1, 0.15) is 23.1 Å². The minimum absolute atomic E-state index is 0.165. The molecule has 1 heterocycles. The Bertz CT molecular complexity index is 471. The van der Waals surface area contributed by atoms with Crippen LogP contribution in [-0.2, 0) is 0 Å². The molecule has 0 atom stereocenters. The maximum atomic E-state index is 12.7.